The van der Waals surface area contributed by atoms with E-state index in [0.717, 1.165) is 12.1 Å². The van der Waals surface area contributed by atoms with Crippen molar-refractivity contribution in [3.05, 3.63) is 29.6 Å². The highest BCUT2D eigenvalue weighted by Crippen LogP contribution is 2.18. The fourth-order valence-corrected chi connectivity index (χ4v) is 1.11. The molecule has 6 heteroatoms. The number of hydrogen-bond donors (Lipinski definition) is 2. The zero-order valence-corrected chi connectivity index (χ0v) is 8.62. The highest BCUT2D eigenvalue weighted by atomic mass is 19.1. The molecule has 0 atom stereocenters. The molecule has 1 amide bonds. The molecule has 1 aromatic carbocycles. The first-order valence-corrected chi connectivity index (χ1v) is 4.46. The third kappa shape index (κ3) is 2.77. The number of methoxy groups -OCH3 is 1. The Morgan fingerprint density at radius 3 is 2.75 bits per heavy atom. The van der Waals surface area contributed by atoms with Crippen LogP contribution in [0.15, 0.2) is 18.2 Å². The van der Waals surface area contributed by atoms with E-state index in [9.17, 15) is 14.0 Å². The molecule has 5 nitrogen and oxygen atoms in total. The van der Waals surface area contributed by atoms with Crippen LogP contribution in [0.1, 0.15) is 10.4 Å². The molecule has 0 spiro atoms. The van der Waals surface area contributed by atoms with Crippen molar-refractivity contribution >= 4 is 17.6 Å². The first-order chi connectivity index (χ1) is 7.58. The minimum absolute atomic E-state index is 0.0438. The van der Waals surface area contributed by atoms with E-state index in [2.05, 4.69) is 10.1 Å². The van der Waals surface area contributed by atoms with Gasteiger partial charge in [0.05, 0.1) is 24.9 Å². The van der Waals surface area contributed by atoms with Gasteiger partial charge in [0, 0.05) is 0 Å². The lowest BCUT2D eigenvalue weighted by Gasteiger charge is -2.08. The quantitative estimate of drug-likeness (QED) is 0.736. The number of carbonyl (C=O) groups is 2. The van der Waals surface area contributed by atoms with Gasteiger partial charge in [-0.1, -0.05) is 0 Å². The fourth-order valence-electron chi connectivity index (χ4n) is 1.11. The minimum Gasteiger partial charge on any atom is -0.465 e. The van der Waals surface area contributed by atoms with E-state index in [0.29, 0.717) is 0 Å². The van der Waals surface area contributed by atoms with Crippen molar-refractivity contribution in [2.24, 2.45) is 5.73 Å². The van der Waals surface area contributed by atoms with Crippen molar-refractivity contribution < 1.29 is 18.7 Å². The van der Waals surface area contributed by atoms with Crippen LogP contribution >= 0.6 is 0 Å². The van der Waals surface area contributed by atoms with E-state index >= 15 is 0 Å². The van der Waals surface area contributed by atoms with E-state index in [1.807, 2.05) is 0 Å². The lowest BCUT2D eigenvalue weighted by atomic mass is 10.1. The molecule has 0 aromatic heterocycles. The van der Waals surface area contributed by atoms with Crippen molar-refractivity contribution in [2.45, 2.75) is 0 Å². The first kappa shape index (κ1) is 12.1. The molecule has 0 bridgehead atoms. The lowest BCUT2D eigenvalue weighted by Crippen LogP contribution is -2.23. The third-order valence-electron chi connectivity index (χ3n) is 1.85. The van der Waals surface area contributed by atoms with Crippen LogP contribution in [-0.2, 0) is 9.53 Å². The van der Waals surface area contributed by atoms with Gasteiger partial charge in [-0.05, 0) is 18.2 Å². The maximum absolute atomic E-state index is 12.9. The zero-order valence-electron chi connectivity index (χ0n) is 8.62. The SMILES string of the molecule is COC(=O)c1ccc(F)cc1NC(=O)CN. The molecule has 1 aromatic rings. The number of benzene rings is 1. The Morgan fingerprint density at radius 2 is 2.19 bits per heavy atom. The molecular formula is C10H11FN2O3. The summed E-state index contributed by atoms with van der Waals surface area (Å²) in [5.74, 6) is -1.75. The van der Waals surface area contributed by atoms with Gasteiger partial charge >= 0.3 is 5.97 Å². The van der Waals surface area contributed by atoms with Gasteiger partial charge in [-0.15, -0.1) is 0 Å². The molecule has 0 saturated heterocycles. The van der Waals surface area contributed by atoms with Crippen LogP contribution in [0.25, 0.3) is 0 Å². The Bertz CT molecular complexity index is 421. The second-order valence-electron chi connectivity index (χ2n) is 2.93. The molecule has 0 aliphatic heterocycles. The fraction of sp³-hybridized carbons (Fsp3) is 0.200. The normalized spacial score (nSPS) is 9.69. The smallest absolute Gasteiger partial charge is 0.339 e. The van der Waals surface area contributed by atoms with E-state index < -0.39 is 17.7 Å². The van der Waals surface area contributed by atoms with Crippen LogP contribution in [0, 0.1) is 5.82 Å². The van der Waals surface area contributed by atoms with E-state index in [1.165, 1.54) is 13.2 Å². The van der Waals surface area contributed by atoms with Gasteiger partial charge in [-0.25, -0.2) is 9.18 Å². The number of amides is 1. The number of halogens is 1. The van der Waals surface area contributed by atoms with Gasteiger partial charge in [-0.2, -0.15) is 0 Å². The van der Waals surface area contributed by atoms with Gasteiger partial charge in [0.25, 0.3) is 0 Å². The Hall–Kier alpha value is -1.95. The molecule has 1 rings (SSSR count). The lowest BCUT2D eigenvalue weighted by molar-refractivity contribution is -0.114. The highest BCUT2D eigenvalue weighted by Gasteiger charge is 2.14. The first-order valence-electron chi connectivity index (χ1n) is 4.46. The molecule has 0 saturated carbocycles. The predicted molar refractivity (Wildman–Crippen MR) is 55.4 cm³/mol. The molecule has 0 unspecified atom stereocenters. The second-order valence-corrected chi connectivity index (χ2v) is 2.93. The molecule has 0 radical (unpaired) electrons. The number of esters is 1. The second kappa shape index (κ2) is 5.22. The molecule has 3 N–H and O–H groups in total. The molecule has 0 fully saturated rings. The van der Waals surface area contributed by atoms with Crippen molar-refractivity contribution in [2.75, 3.05) is 19.0 Å². The van der Waals surface area contributed by atoms with Gasteiger partial charge in [-0.3, -0.25) is 4.79 Å². The minimum atomic E-state index is -0.660. The molecule has 0 heterocycles. The Labute approximate surface area is 91.4 Å². The largest absolute Gasteiger partial charge is 0.465 e. The van der Waals surface area contributed by atoms with Crippen molar-refractivity contribution in [3.63, 3.8) is 0 Å². The van der Waals surface area contributed by atoms with E-state index in [1.54, 1.807) is 0 Å². The van der Waals surface area contributed by atoms with Crippen LogP contribution in [0.3, 0.4) is 0 Å². The van der Waals surface area contributed by atoms with Crippen molar-refractivity contribution in [1.29, 1.82) is 0 Å². The molecule has 0 aliphatic carbocycles. The predicted octanol–water partition coefficient (Wildman–Crippen LogP) is 0.510. The third-order valence-corrected chi connectivity index (χ3v) is 1.85. The maximum atomic E-state index is 12.9. The summed E-state index contributed by atoms with van der Waals surface area (Å²) in [6.07, 6.45) is 0. The average Bonchev–Trinajstić information content (AvgIpc) is 2.28. The van der Waals surface area contributed by atoms with Crippen LogP contribution in [-0.4, -0.2) is 25.5 Å². The summed E-state index contributed by atoms with van der Waals surface area (Å²) in [5, 5.41) is 2.31. The number of hydrogen-bond acceptors (Lipinski definition) is 4. The summed E-state index contributed by atoms with van der Waals surface area (Å²) >= 11 is 0. The number of ether oxygens (including phenoxy) is 1. The van der Waals surface area contributed by atoms with Crippen molar-refractivity contribution in [1.82, 2.24) is 0 Å². The summed E-state index contributed by atoms with van der Waals surface area (Å²) in [5.41, 5.74) is 5.21. The summed E-state index contributed by atoms with van der Waals surface area (Å²) in [4.78, 5) is 22.3. The molecule has 0 aliphatic rings. The van der Waals surface area contributed by atoms with Gasteiger partial charge in [0.2, 0.25) is 5.91 Å². The summed E-state index contributed by atoms with van der Waals surface area (Å²) in [6.45, 7) is -0.253. The monoisotopic (exact) mass is 226 g/mol. The number of nitrogens with one attached hydrogen (secondary N) is 1. The topological polar surface area (TPSA) is 81.4 Å². The zero-order chi connectivity index (χ0) is 12.1. The van der Waals surface area contributed by atoms with Crippen LogP contribution in [0.5, 0.6) is 0 Å². The van der Waals surface area contributed by atoms with Gasteiger partial charge in [0.15, 0.2) is 0 Å². The summed E-state index contributed by atoms with van der Waals surface area (Å²) in [7, 11) is 1.19. The summed E-state index contributed by atoms with van der Waals surface area (Å²) < 4.78 is 17.4. The van der Waals surface area contributed by atoms with Crippen molar-refractivity contribution in [3.8, 4) is 0 Å². The van der Waals surface area contributed by atoms with Gasteiger partial charge in [0.1, 0.15) is 5.82 Å². The maximum Gasteiger partial charge on any atom is 0.339 e. The summed E-state index contributed by atoms with van der Waals surface area (Å²) in [6, 6.07) is 3.36. The number of carbonyl (C=O) groups excluding carboxylic acids is 2. The standard InChI is InChI=1S/C10H11FN2O3/c1-16-10(15)7-3-2-6(11)4-8(7)13-9(14)5-12/h2-4H,5,12H2,1H3,(H,13,14). The van der Waals surface area contributed by atoms with Crippen LogP contribution in [0.4, 0.5) is 10.1 Å². The molecular weight excluding hydrogens is 215 g/mol. The van der Waals surface area contributed by atoms with Crippen LogP contribution in [0.2, 0.25) is 0 Å². The Morgan fingerprint density at radius 1 is 1.50 bits per heavy atom. The number of anilines is 1. The molecule has 86 valence electrons. The average molecular weight is 226 g/mol. The van der Waals surface area contributed by atoms with E-state index in [-0.39, 0.29) is 17.8 Å². The number of nitrogens with two attached hydrogens (primary N) is 1. The van der Waals surface area contributed by atoms with Crippen LogP contribution < -0.4 is 11.1 Å². The molecule has 16 heavy (non-hydrogen) atoms. The Kier molecular flexibility index (Phi) is 3.96. The number of rotatable bonds is 3. The Balaban J connectivity index is 3.08. The van der Waals surface area contributed by atoms with E-state index in [4.69, 9.17) is 5.73 Å². The van der Waals surface area contributed by atoms with Gasteiger partial charge < -0.3 is 15.8 Å². The highest BCUT2D eigenvalue weighted by molar-refractivity contribution is 6.01.